The van der Waals surface area contributed by atoms with E-state index in [1.165, 1.54) is 0 Å². The number of nitriles is 1. The van der Waals surface area contributed by atoms with Gasteiger partial charge >= 0.3 is 5.97 Å². The van der Waals surface area contributed by atoms with Gasteiger partial charge in [-0.1, -0.05) is 6.07 Å². The van der Waals surface area contributed by atoms with Crippen LogP contribution in [0.15, 0.2) is 42.6 Å². The lowest BCUT2D eigenvalue weighted by Gasteiger charge is -2.07. The first-order valence-electron chi connectivity index (χ1n) is 6.87. The largest absolute Gasteiger partial charge is 0.478 e. The number of benzene rings is 1. The Morgan fingerprint density at radius 3 is 2.59 bits per heavy atom. The van der Waals surface area contributed by atoms with Crippen LogP contribution < -0.4 is 0 Å². The van der Waals surface area contributed by atoms with Crippen molar-refractivity contribution in [1.82, 2.24) is 4.40 Å². The zero-order valence-electron chi connectivity index (χ0n) is 12.3. The number of carboxylic acid groups (broad SMARTS) is 1. The Kier molecular flexibility index (Phi) is 3.19. The van der Waals surface area contributed by atoms with Crippen molar-refractivity contribution in [3.8, 4) is 17.3 Å². The molecule has 0 aliphatic heterocycles. The maximum absolute atomic E-state index is 11.1. The van der Waals surface area contributed by atoms with E-state index in [2.05, 4.69) is 6.07 Å². The number of carbonyl (C=O) groups is 1. The fourth-order valence-electron chi connectivity index (χ4n) is 2.68. The molecule has 4 nitrogen and oxygen atoms in total. The fraction of sp³-hybridized carbons (Fsp3) is 0.111. The van der Waals surface area contributed by atoms with E-state index in [4.69, 9.17) is 5.11 Å². The summed E-state index contributed by atoms with van der Waals surface area (Å²) in [6, 6.07) is 13.2. The highest BCUT2D eigenvalue weighted by atomic mass is 16.4. The lowest BCUT2D eigenvalue weighted by molar-refractivity contribution is 0.0696. The Balaban J connectivity index is 2.25. The molecule has 0 saturated heterocycles. The SMILES string of the molecule is Cc1ccn2c(-c3ccc(C(=O)O)c(C)c3)cc(C#N)c2c1. The molecule has 0 unspecified atom stereocenters. The average Bonchev–Trinajstić information content (AvgIpc) is 2.84. The van der Waals surface area contributed by atoms with Gasteiger partial charge in [0.15, 0.2) is 0 Å². The van der Waals surface area contributed by atoms with E-state index in [0.29, 0.717) is 16.7 Å². The van der Waals surface area contributed by atoms with Gasteiger partial charge in [0.1, 0.15) is 6.07 Å². The Labute approximate surface area is 127 Å². The van der Waals surface area contributed by atoms with Gasteiger partial charge in [0.2, 0.25) is 0 Å². The van der Waals surface area contributed by atoms with Gasteiger partial charge in [-0.3, -0.25) is 0 Å². The molecule has 2 heterocycles. The molecule has 0 atom stereocenters. The number of fused-ring (bicyclic) bond motifs is 1. The summed E-state index contributed by atoms with van der Waals surface area (Å²) in [6.07, 6.45) is 1.93. The molecule has 2 aromatic heterocycles. The zero-order valence-corrected chi connectivity index (χ0v) is 12.3. The molecule has 0 fully saturated rings. The first-order chi connectivity index (χ1) is 10.5. The molecule has 1 N–H and O–H groups in total. The molecule has 0 spiro atoms. The van der Waals surface area contributed by atoms with Crippen LogP contribution in [0, 0.1) is 25.2 Å². The molecule has 4 heteroatoms. The van der Waals surface area contributed by atoms with Gasteiger partial charge in [0, 0.05) is 6.20 Å². The topological polar surface area (TPSA) is 65.5 Å². The van der Waals surface area contributed by atoms with E-state index in [-0.39, 0.29) is 0 Å². The lowest BCUT2D eigenvalue weighted by atomic mass is 10.0. The second-order valence-corrected chi connectivity index (χ2v) is 5.35. The van der Waals surface area contributed by atoms with Crippen molar-refractivity contribution in [1.29, 1.82) is 5.26 Å². The van der Waals surface area contributed by atoms with Crippen molar-refractivity contribution >= 4 is 11.5 Å². The molecule has 3 aromatic rings. The summed E-state index contributed by atoms with van der Waals surface area (Å²) in [5, 5.41) is 18.4. The summed E-state index contributed by atoms with van der Waals surface area (Å²) in [5.74, 6) is -0.933. The van der Waals surface area contributed by atoms with Gasteiger partial charge < -0.3 is 9.51 Å². The standard InChI is InChI=1S/C18H14N2O2/c1-11-5-6-20-16(7-11)14(10-19)9-17(20)13-3-4-15(18(21)22)12(2)8-13/h3-9H,1-2H3,(H,21,22). The van der Waals surface area contributed by atoms with E-state index in [1.807, 2.05) is 41.8 Å². The van der Waals surface area contributed by atoms with Crippen molar-refractivity contribution < 1.29 is 9.90 Å². The fourth-order valence-corrected chi connectivity index (χ4v) is 2.68. The Morgan fingerprint density at radius 1 is 1.18 bits per heavy atom. The zero-order chi connectivity index (χ0) is 15.9. The monoisotopic (exact) mass is 290 g/mol. The second kappa shape index (κ2) is 5.05. The Bertz CT molecular complexity index is 946. The van der Waals surface area contributed by atoms with Crippen LogP contribution in [-0.4, -0.2) is 15.5 Å². The number of nitrogens with zero attached hydrogens (tertiary/aromatic N) is 2. The van der Waals surface area contributed by atoms with Gasteiger partial charge in [0.25, 0.3) is 0 Å². The number of carboxylic acids is 1. The van der Waals surface area contributed by atoms with Crippen LogP contribution in [0.4, 0.5) is 0 Å². The number of aromatic nitrogens is 1. The summed E-state index contributed by atoms with van der Waals surface area (Å²) in [7, 11) is 0. The molecule has 0 aliphatic rings. The van der Waals surface area contributed by atoms with E-state index < -0.39 is 5.97 Å². The Morgan fingerprint density at radius 2 is 1.95 bits per heavy atom. The normalized spacial score (nSPS) is 10.6. The van der Waals surface area contributed by atoms with E-state index >= 15 is 0 Å². The van der Waals surface area contributed by atoms with Crippen LogP contribution in [0.2, 0.25) is 0 Å². The first kappa shape index (κ1) is 13.9. The summed E-state index contributed by atoms with van der Waals surface area (Å²) in [6.45, 7) is 3.76. The van der Waals surface area contributed by atoms with E-state index in [1.54, 1.807) is 19.1 Å². The quantitative estimate of drug-likeness (QED) is 0.780. The maximum Gasteiger partial charge on any atom is 0.335 e. The summed E-state index contributed by atoms with van der Waals surface area (Å²) in [4.78, 5) is 11.1. The highest BCUT2D eigenvalue weighted by Gasteiger charge is 2.13. The number of hydrogen-bond acceptors (Lipinski definition) is 2. The summed E-state index contributed by atoms with van der Waals surface area (Å²) in [5.41, 5.74) is 5.32. The van der Waals surface area contributed by atoms with Crippen LogP contribution in [0.3, 0.4) is 0 Å². The predicted octanol–water partition coefficient (Wildman–Crippen LogP) is 3.79. The van der Waals surface area contributed by atoms with Gasteiger partial charge in [-0.15, -0.1) is 0 Å². The molecule has 0 bridgehead atoms. The number of hydrogen-bond donors (Lipinski definition) is 1. The second-order valence-electron chi connectivity index (χ2n) is 5.35. The van der Waals surface area contributed by atoms with Gasteiger partial charge in [0.05, 0.1) is 22.3 Å². The van der Waals surface area contributed by atoms with Gasteiger partial charge in [-0.2, -0.15) is 5.26 Å². The van der Waals surface area contributed by atoms with Crippen LogP contribution >= 0.6 is 0 Å². The predicted molar refractivity (Wildman–Crippen MR) is 84.0 cm³/mol. The van der Waals surface area contributed by atoms with Crippen molar-refractivity contribution in [2.75, 3.05) is 0 Å². The third-order valence-electron chi connectivity index (χ3n) is 3.80. The molecule has 0 amide bonds. The number of aryl methyl sites for hydroxylation is 2. The van der Waals surface area contributed by atoms with Gasteiger partial charge in [-0.25, -0.2) is 4.79 Å². The third-order valence-corrected chi connectivity index (χ3v) is 3.80. The average molecular weight is 290 g/mol. The minimum Gasteiger partial charge on any atom is -0.478 e. The van der Waals surface area contributed by atoms with Gasteiger partial charge in [-0.05, 0) is 60.9 Å². The molecule has 0 saturated carbocycles. The number of pyridine rings is 1. The molecular weight excluding hydrogens is 276 g/mol. The van der Waals surface area contributed by atoms with Crippen molar-refractivity contribution in [2.45, 2.75) is 13.8 Å². The highest BCUT2D eigenvalue weighted by Crippen LogP contribution is 2.28. The van der Waals surface area contributed by atoms with Crippen molar-refractivity contribution in [3.63, 3.8) is 0 Å². The molecule has 108 valence electrons. The molecule has 3 rings (SSSR count). The smallest absolute Gasteiger partial charge is 0.335 e. The van der Waals surface area contributed by atoms with Crippen molar-refractivity contribution in [2.24, 2.45) is 0 Å². The Hall–Kier alpha value is -3.06. The van der Waals surface area contributed by atoms with E-state index in [9.17, 15) is 10.1 Å². The highest BCUT2D eigenvalue weighted by molar-refractivity contribution is 5.90. The van der Waals surface area contributed by atoms with Crippen LogP contribution in [-0.2, 0) is 0 Å². The minimum absolute atomic E-state index is 0.293. The van der Waals surface area contributed by atoms with Crippen LogP contribution in [0.25, 0.3) is 16.8 Å². The molecule has 0 aliphatic carbocycles. The summed E-state index contributed by atoms with van der Waals surface area (Å²) >= 11 is 0. The van der Waals surface area contributed by atoms with E-state index in [0.717, 1.165) is 22.3 Å². The van der Waals surface area contributed by atoms with Crippen LogP contribution in [0.5, 0.6) is 0 Å². The molecular formula is C18H14N2O2. The molecule has 22 heavy (non-hydrogen) atoms. The van der Waals surface area contributed by atoms with Crippen molar-refractivity contribution in [3.05, 3.63) is 64.8 Å². The first-order valence-corrected chi connectivity index (χ1v) is 6.87. The van der Waals surface area contributed by atoms with Crippen LogP contribution in [0.1, 0.15) is 27.0 Å². The minimum atomic E-state index is -0.933. The number of aromatic carboxylic acids is 1. The maximum atomic E-state index is 11.1. The molecule has 1 aromatic carbocycles. The third kappa shape index (κ3) is 2.13. The number of rotatable bonds is 2. The molecule has 0 radical (unpaired) electrons. The lowest BCUT2D eigenvalue weighted by Crippen LogP contribution is -1.99. The summed E-state index contributed by atoms with van der Waals surface area (Å²) < 4.78 is 1.96.